The second-order valence-corrected chi connectivity index (χ2v) is 4.03. The molecule has 0 saturated heterocycles. The second kappa shape index (κ2) is 4.84. The summed E-state index contributed by atoms with van der Waals surface area (Å²) >= 11 is 0. The Morgan fingerprint density at radius 3 is 1.88 bits per heavy atom. The molecule has 0 bridgehead atoms. The number of hydrogen-bond acceptors (Lipinski definition) is 1. The van der Waals surface area contributed by atoms with Crippen molar-refractivity contribution in [2.75, 3.05) is 11.9 Å². The molecule has 1 atom stereocenters. The van der Waals surface area contributed by atoms with E-state index in [2.05, 4.69) is 73.5 Å². The number of hydrogen-bond donors (Lipinski definition) is 0. The van der Waals surface area contributed by atoms with Gasteiger partial charge in [0.1, 0.15) is 0 Å². The minimum absolute atomic E-state index is 0.392. The van der Waals surface area contributed by atoms with E-state index < -0.39 is 0 Å². The van der Waals surface area contributed by atoms with Crippen molar-refractivity contribution < 1.29 is 0 Å². The minimum Gasteiger partial charge on any atom is -0.368 e. The first-order chi connectivity index (χ1) is 7.79. The summed E-state index contributed by atoms with van der Waals surface area (Å²) in [4.78, 5) is 2.29. The Bertz CT molecular complexity index is 378. The number of benzene rings is 2. The van der Waals surface area contributed by atoms with Crippen LogP contribution in [-0.2, 0) is 0 Å². The molecule has 1 nitrogen and oxygen atoms in total. The Labute approximate surface area is 97.3 Å². The zero-order chi connectivity index (χ0) is 11.4. The van der Waals surface area contributed by atoms with Crippen LogP contribution in [0, 0.1) is 0 Å². The highest BCUT2D eigenvalue weighted by Crippen LogP contribution is 2.24. The molecular weight excluding hydrogens is 194 g/mol. The van der Waals surface area contributed by atoms with E-state index in [1.165, 1.54) is 11.3 Å². The SMILES string of the molecule is C[C@H](c1ccccc1)N(C)c1ccccc1. The third-order valence-electron chi connectivity index (χ3n) is 3.03. The predicted octanol–water partition coefficient (Wildman–Crippen LogP) is 3.88. The molecule has 0 aromatic heterocycles. The van der Waals surface area contributed by atoms with Crippen LogP contribution in [0.3, 0.4) is 0 Å². The molecule has 2 aromatic rings. The van der Waals surface area contributed by atoms with Gasteiger partial charge in [-0.3, -0.25) is 0 Å². The fourth-order valence-electron chi connectivity index (χ4n) is 1.84. The Balaban J connectivity index is 2.20. The third kappa shape index (κ3) is 2.25. The fourth-order valence-corrected chi connectivity index (χ4v) is 1.84. The predicted molar refractivity (Wildman–Crippen MR) is 69.7 cm³/mol. The quantitative estimate of drug-likeness (QED) is 0.744. The molecule has 82 valence electrons. The lowest BCUT2D eigenvalue weighted by Crippen LogP contribution is -2.21. The molecule has 2 rings (SSSR count). The maximum Gasteiger partial charge on any atom is 0.0510 e. The monoisotopic (exact) mass is 211 g/mol. The van der Waals surface area contributed by atoms with Gasteiger partial charge in [0.15, 0.2) is 0 Å². The van der Waals surface area contributed by atoms with Crippen LogP contribution in [0.5, 0.6) is 0 Å². The van der Waals surface area contributed by atoms with Gasteiger partial charge in [0.25, 0.3) is 0 Å². The van der Waals surface area contributed by atoms with Gasteiger partial charge in [-0.25, -0.2) is 0 Å². The van der Waals surface area contributed by atoms with Crippen LogP contribution in [0.15, 0.2) is 60.7 Å². The van der Waals surface area contributed by atoms with Crippen molar-refractivity contribution in [2.24, 2.45) is 0 Å². The van der Waals surface area contributed by atoms with Gasteiger partial charge in [-0.15, -0.1) is 0 Å². The van der Waals surface area contributed by atoms with Gasteiger partial charge < -0.3 is 4.90 Å². The molecule has 0 aliphatic heterocycles. The van der Waals surface area contributed by atoms with Gasteiger partial charge in [0, 0.05) is 12.7 Å². The lowest BCUT2D eigenvalue weighted by molar-refractivity contribution is 0.740. The van der Waals surface area contributed by atoms with E-state index in [1.807, 2.05) is 6.07 Å². The molecule has 0 heterocycles. The van der Waals surface area contributed by atoms with Gasteiger partial charge in [-0.1, -0.05) is 48.5 Å². The number of para-hydroxylation sites is 1. The van der Waals surface area contributed by atoms with E-state index in [-0.39, 0.29) is 0 Å². The Kier molecular flexibility index (Phi) is 3.25. The van der Waals surface area contributed by atoms with Gasteiger partial charge >= 0.3 is 0 Å². The molecule has 0 saturated carbocycles. The van der Waals surface area contributed by atoms with E-state index >= 15 is 0 Å². The van der Waals surface area contributed by atoms with Gasteiger partial charge in [-0.05, 0) is 24.6 Å². The molecule has 0 radical (unpaired) electrons. The first-order valence-electron chi connectivity index (χ1n) is 5.62. The zero-order valence-corrected chi connectivity index (χ0v) is 9.80. The summed E-state index contributed by atoms with van der Waals surface area (Å²) in [6.07, 6.45) is 0. The lowest BCUT2D eigenvalue weighted by Gasteiger charge is -2.27. The summed E-state index contributed by atoms with van der Waals surface area (Å²) in [5, 5.41) is 0. The van der Waals surface area contributed by atoms with Crippen LogP contribution in [0.1, 0.15) is 18.5 Å². The Morgan fingerprint density at radius 2 is 1.31 bits per heavy atom. The summed E-state index contributed by atoms with van der Waals surface area (Å²) < 4.78 is 0. The van der Waals surface area contributed by atoms with Crippen molar-refractivity contribution in [2.45, 2.75) is 13.0 Å². The third-order valence-corrected chi connectivity index (χ3v) is 3.03. The van der Waals surface area contributed by atoms with Crippen molar-refractivity contribution in [3.63, 3.8) is 0 Å². The van der Waals surface area contributed by atoms with Gasteiger partial charge in [0.2, 0.25) is 0 Å². The maximum atomic E-state index is 2.29. The normalized spacial score (nSPS) is 12.1. The van der Waals surface area contributed by atoms with Gasteiger partial charge in [-0.2, -0.15) is 0 Å². The van der Waals surface area contributed by atoms with Crippen LogP contribution in [-0.4, -0.2) is 7.05 Å². The summed E-state index contributed by atoms with van der Waals surface area (Å²) in [5.74, 6) is 0. The Morgan fingerprint density at radius 1 is 0.812 bits per heavy atom. The zero-order valence-electron chi connectivity index (χ0n) is 9.80. The van der Waals surface area contributed by atoms with E-state index in [0.29, 0.717) is 6.04 Å². The molecule has 0 N–H and O–H groups in total. The van der Waals surface area contributed by atoms with E-state index in [4.69, 9.17) is 0 Å². The van der Waals surface area contributed by atoms with E-state index in [1.54, 1.807) is 0 Å². The first-order valence-corrected chi connectivity index (χ1v) is 5.62. The highest BCUT2D eigenvalue weighted by Gasteiger charge is 2.10. The molecule has 16 heavy (non-hydrogen) atoms. The molecule has 2 aromatic carbocycles. The van der Waals surface area contributed by atoms with Gasteiger partial charge in [0.05, 0.1) is 6.04 Å². The van der Waals surface area contributed by atoms with Crippen molar-refractivity contribution in [1.29, 1.82) is 0 Å². The molecule has 0 amide bonds. The van der Waals surface area contributed by atoms with Crippen molar-refractivity contribution in [1.82, 2.24) is 0 Å². The number of nitrogens with zero attached hydrogens (tertiary/aromatic N) is 1. The van der Waals surface area contributed by atoms with E-state index in [9.17, 15) is 0 Å². The smallest absolute Gasteiger partial charge is 0.0510 e. The van der Waals surface area contributed by atoms with Crippen molar-refractivity contribution in [3.8, 4) is 0 Å². The highest BCUT2D eigenvalue weighted by molar-refractivity contribution is 5.47. The van der Waals surface area contributed by atoms with Crippen LogP contribution < -0.4 is 4.90 Å². The van der Waals surface area contributed by atoms with Crippen LogP contribution >= 0.6 is 0 Å². The molecule has 0 aliphatic rings. The summed E-state index contributed by atoms with van der Waals surface area (Å²) in [6, 6.07) is 21.4. The second-order valence-electron chi connectivity index (χ2n) is 4.03. The summed E-state index contributed by atoms with van der Waals surface area (Å²) in [5.41, 5.74) is 2.59. The summed E-state index contributed by atoms with van der Waals surface area (Å²) in [7, 11) is 2.13. The first kappa shape index (κ1) is 10.7. The maximum absolute atomic E-state index is 2.29. The standard InChI is InChI=1S/C15H17N/c1-13(14-9-5-3-6-10-14)16(2)15-11-7-4-8-12-15/h3-13H,1-2H3/t13-/m1/s1. The lowest BCUT2D eigenvalue weighted by atomic mass is 10.1. The largest absolute Gasteiger partial charge is 0.368 e. The minimum atomic E-state index is 0.392. The van der Waals surface area contributed by atoms with Crippen molar-refractivity contribution in [3.05, 3.63) is 66.2 Å². The van der Waals surface area contributed by atoms with E-state index in [0.717, 1.165) is 0 Å². The average molecular weight is 211 g/mol. The fraction of sp³-hybridized carbons (Fsp3) is 0.200. The molecular formula is C15H17N. The summed E-state index contributed by atoms with van der Waals surface area (Å²) in [6.45, 7) is 2.22. The average Bonchev–Trinajstić information content (AvgIpc) is 2.39. The van der Waals surface area contributed by atoms with Crippen LogP contribution in [0.2, 0.25) is 0 Å². The number of rotatable bonds is 3. The van der Waals surface area contributed by atoms with Crippen molar-refractivity contribution >= 4 is 5.69 Å². The molecule has 0 spiro atoms. The highest BCUT2D eigenvalue weighted by atomic mass is 15.1. The number of anilines is 1. The molecule has 1 heteroatoms. The van der Waals surface area contributed by atoms with Crippen LogP contribution in [0.25, 0.3) is 0 Å². The topological polar surface area (TPSA) is 3.24 Å². The molecule has 0 unspecified atom stereocenters. The molecule has 0 aliphatic carbocycles. The van der Waals surface area contributed by atoms with Crippen LogP contribution in [0.4, 0.5) is 5.69 Å². The Hall–Kier alpha value is -1.76. The molecule has 0 fully saturated rings.